The van der Waals surface area contributed by atoms with E-state index in [2.05, 4.69) is 5.10 Å². The number of aromatic hydroxyl groups is 1. The minimum absolute atomic E-state index is 0.00541. The molecule has 7 heteroatoms. The first kappa shape index (κ1) is 12.4. The van der Waals surface area contributed by atoms with Gasteiger partial charge in [-0.1, -0.05) is 17.8 Å². The lowest BCUT2D eigenvalue weighted by Gasteiger charge is -2.02. The molecule has 0 aliphatic rings. The maximum Gasteiger partial charge on any atom is 0.324 e. The zero-order valence-electron chi connectivity index (χ0n) is 9.82. The van der Waals surface area contributed by atoms with Crippen molar-refractivity contribution < 1.29 is 10.0 Å². The van der Waals surface area contributed by atoms with Crippen LogP contribution in [0.2, 0.25) is 0 Å². The molecule has 0 saturated carbocycles. The maximum atomic E-state index is 11.0. The fraction of sp³-hybridized carbons (Fsp3) is 0.182. The Labute approximate surface area is 107 Å². The molecule has 0 unspecified atom stereocenters. The van der Waals surface area contributed by atoms with Gasteiger partial charge in [0, 0.05) is 11.9 Å². The third kappa shape index (κ3) is 2.30. The molecular formula is C11H11N3O3S. The summed E-state index contributed by atoms with van der Waals surface area (Å²) < 4.78 is 1.47. The van der Waals surface area contributed by atoms with E-state index in [1.807, 2.05) is 0 Å². The molecule has 0 aliphatic carbocycles. The molecule has 1 N–H and O–H groups in total. The van der Waals surface area contributed by atoms with Gasteiger partial charge in [0.15, 0.2) is 5.03 Å². The minimum atomic E-state index is -0.437. The molecule has 1 aromatic heterocycles. The van der Waals surface area contributed by atoms with Gasteiger partial charge in [-0.3, -0.25) is 14.8 Å². The number of aromatic nitrogens is 2. The molecule has 0 aliphatic heterocycles. The van der Waals surface area contributed by atoms with Crippen molar-refractivity contribution in [2.45, 2.75) is 16.8 Å². The molecule has 94 valence electrons. The number of aryl methyl sites for hydroxylation is 2. The number of nitrogens with zero attached hydrogens (tertiary/aromatic N) is 3. The van der Waals surface area contributed by atoms with E-state index in [1.165, 1.54) is 16.4 Å². The highest BCUT2D eigenvalue weighted by Gasteiger charge is 2.24. The summed E-state index contributed by atoms with van der Waals surface area (Å²) in [5.74, 6) is 0.126. The van der Waals surface area contributed by atoms with E-state index in [0.717, 1.165) is 4.90 Å². The smallest absolute Gasteiger partial charge is 0.324 e. The predicted molar refractivity (Wildman–Crippen MR) is 66.8 cm³/mol. The van der Waals surface area contributed by atoms with Gasteiger partial charge >= 0.3 is 5.69 Å². The van der Waals surface area contributed by atoms with Gasteiger partial charge in [0.05, 0.1) is 4.92 Å². The predicted octanol–water partition coefficient (Wildman–Crippen LogP) is 2.49. The van der Waals surface area contributed by atoms with Gasteiger partial charge in [-0.05, 0) is 25.1 Å². The Morgan fingerprint density at radius 2 is 2.22 bits per heavy atom. The van der Waals surface area contributed by atoms with Gasteiger partial charge in [0.2, 0.25) is 0 Å². The lowest BCUT2D eigenvalue weighted by Crippen LogP contribution is -1.94. The van der Waals surface area contributed by atoms with E-state index >= 15 is 0 Å². The molecule has 2 aromatic rings. The number of benzene rings is 1. The topological polar surface area (TPSA) is 81.2 Å². The van der Waals surface area contributed by atoms with Gasteiger partial charge in [-0.25, -0.2) is 0 Å². The van der Waals surface area contributed by atoms with E-state index in [4.69, 9.17) is 0 Å². The zero-order chi connectivity index (χ0) is 13.3. The Balaban J connectivity index is 2.43. The Bertz CT molecular complexity index is 610. The quantitative estimate of drug-likeness (QED) is 0.681. The summed E-state index contributed by atoms with van der Waals surface area (Å²) in [6.07, 6.45) is 0. The summed E-state index contributed by atoms with van der Waals surface area (Å²) in [7, 11) is 1.66. The van der Waals surface area contributed by atoms with Crippen LogP contribution in [0.3, 0.4) is 0 Å². The normalized spacial score (nSPS) is 10.6. The molecule has 0 saturated heterocycles. The molecule has 0 bridgehead atoms. The van der Waals surface area contributed by atoms with E-state index in [1.54, 1.807) is 38.2 Å². The average molecular weight is 265 g/mol. The van der Waals surface area contributed by atoms with Crippen LogP contribution in [0.4, 0.5) is 5.69 Å². The summed E-state index contributed by atoms with van der Waals surface area (Å²) in [5.41, 5.74) is 0.385. The van der Waals surface area contributed by atoms with Crippen LogP contribution in [0.25, 0.3) is 0 Å². The van der Waals surface area contributed by atoms with Crippen molar-refractivity contribution in [1.82, 2.24) is 9.78 Å². The van der Waals surface area contributed by atoms with Crippen LogP contribution in [0, 0.1) is 17.0 Å². The Morgan fingerprint density at radius 1 is 1.50 bits per heavy atom. The van der Waals surface area contributed by atoms with Crippen molar-refractivity contribution in [3.63, 3.8) is 0 Å². The van der Waals surface area contributed by atoms with Crippen molar-refractivity contribution in [3.8, 4) is 5.75 Å². The number of phenolic OH excluding ortho intramolecular Hbond substituents is 1. The van der Waals surface area contributed by atoms with Gasteiger partial charge in [-0.15, -0.1) is 0 Å². The number of phenols is 1. The second-order valence-corrected chi connectivity index (χ2v) is 4.78. The van der Waals surface area contributed by atoms with E-state index in [0.29, 0.717) is 10.7 Å². The number of nitro groups is 1. The number of hydrogen-bond donors (Lipinski definition) is 1. The molecule has 18 heavy (non-hydrogen) atoms. The molecular weight excluding hydrogens is 254 g/mol. The summed E-state index contributed by atoms with van der Waals surface area (Å²) in [5, 5.41) is 24.9. The van der Waals surface area contributed by atoms with Crippen LogP contribution >= 0.6 is 11.8 Å². The second-order valence-electron chi connectivity index (χ2n) is 3.72. The highest BCUT2D eigenvalue weighted by atomic mass is 32.2. The van der Waals surface area contributed by atoms with E-state index < -0.39 is 4.92 Å². The molecule has 0 atom stereocenters. The highest BCUT2D eigenvalue weighted by molar-refractivity contribution is 7.99. The fourth-order valence-corrected chi connectivity index (χ4v) is 2.65. The first-order valence-electron chi connectivity index (χ1n) is 5.14. The lowest BCUT2D eigenvalue weighted by molar-refractivity contribution is -0.388. The molecule has 0 radical (unpaired) electrons. The molecule has 0 fully saturated rings. The van der Waals surface area contributed by atoms with Gasteiger partial charge in [-0.2, -0.15) is 5.10 Å². The molecule has 1 aromatic carbocycles. The van der Waals surface area contributed by atoms with Crippen LogP contribution < -0.4 is 0 Å². The summed E-state index contributed by atoms with van der Waals surface area (Å²) in [4.78, 5) is 11.3. The first-order valence-corrected chi connectivity index (χ1v) is 5.95. The van der Waals surface area contributed by atoms with Crippen LogP contribution in [0.5, 0.6) is 5.75 Å². The molecule has 0 spiro atoms. The van der Waals surface area contributed by atoms with Gasteiger partial charge < -0.3 is 5.11 Å². The SMILES string of the molecule is Cc1nn(C)c(Sc2cccc(O)c2)c1[N+](=O)[O-]. The number of rotatable bonds is 3. The summed E-state index contributed by atoms with van der Waals surface area (Å²) in [6.45, 7) is 1.60. The standard InChI is InChI=1S/C11H11N3O3S/c1-7-10(14(16)17)11(13(2)12-7)18-9-5-3-4-8(15)6-9/h3-6,15H,1-2H3. The van der Waals surface area contributed by atoms with Gasteiger partial charge in [0.25, 0.3) is 0 Å². The van der Waals surface area contributed by atoms with E-state index in [-0.39, 0.29) is 11.4 Å². The monoisotopic (exact) mass is 265 g/mol. The molecule has 1 heterocycles. The van der Waals surface area contributed by atoms with Gasteiger partial charge in [0.1, 0.15) is 11.4 Å². The van der Waals surface area contributed by atoms with E-state index in [9.17, 15) is 15.2 Å². The third-order valence-corrected chi connectivity index (χ3v) is 3.49. The zero-order valence-corrected chi connectivity index (χ0v) is 10.6. The summed E-state index contributed by atoms with van der Waals surface area (Å²) >= 11 is 1.20. The van der Waals surface area contributed by atoms with Crippen LogP contribution in [-0.2, 0) is 7.05 Å². The van der Waals surface area contributed by atoms with Crippen molar-refractivity contribution >= 4 is 17.4 Å². The fourth-order valence-electron chi connectivity index (χ4n) is 1.61. The van der Waals surface area contributed by atoms with Crippen molar-refractivity contribution in [1.29, 1.82) is 0 Å². The molecule has 6 nitrogen and oxygen atoms in total. The lowest BCUT2D eigenvalue weighted by atomic mass is 10.3. The van der Waals surface area contributed by atoms with Crippen LogP contribution in [0.15, 0.2) is 34.2 Å². The molecule has 2 rings (SSSR count). The van der Waals surface area contributed by atoms with Crippen LogP contribution in [0.1, 0.15) is 5.69 Å². The third-order valence-electron chi connectivity index (χ3n) is 2.35. The first-order chi connectivity index (χ1) is 8.49. The van der Waals surface area contributed by atoms with Crippen molar-refractivity contribution in [3.05, 3.63) is 40.1 Å². The average Bonchev–Trinajstić information content (AvgIpc) is 2.53. The Morgan fingerprint density at radius 3 is 2.83 bits per heavy atom. The minimum Gasteiger partial charge on any atom is -0.508 e. The maximum absolute atomic E-state index is 11.0. The van der Waals surface area contributed by atoms with Crippen molar-refractivity contribution in [2.24, 2.45) is 7.05 Å². The highest BCUT2D eigenvalue weighted by Crippen LogP contribution is 2.37. The second kappa shape index (κ2) is 4.69. The number of hydrogen-bond acceptors (Lipinski definition) is 5. The van der Waals surface area contributed by atoms with Crippen LogP contribution in [-0.4, -0.2) is 19.8 Å². The Kier molecular flexibility index (Phi) is 3.24. The molecule has 0 amide bonds. The summed E-state index contributed by atoms with van der Waals surface area (Å²) in [6, 6.07) is 6.56. The van der Waals surface area contributed by atoms with Crippen molar-refractivity contribution in [2.75, 3.05) is 0 Å². The Hall–Kier alpha value is -2.02. The largest absolute Gasteiger partial charge is 0.508 e.